The largest absolute Gasteiger partial charge is 0.488 e. The van der Waals surface area contributed by atoms with Crippen LogP contribution in [0.2, 0.25) is 0 Å². The highest BCUT2D eigenvalue weighted by Gasteiger charge is 2.12. The Hall–Kier alpha value is -3.19. The van der Waals surface area contributed by atoms with E-state index in [0.29, 0.717) is 37.2 Å². The fourth-order valence-corrected chi connectivity index (χ4v) is 3.67. The molecule has 0 aliphatic carbocycles. The van der Waals surface area contributed by atoms with Gasteiger partial charge in [-0.2, -0.15) is 0 Å². The molecule has 166 valence electrons. The van der Waals surface area contributed by atoms with Crippen LogP contribution >= 0.6 is 15.9 Å². The Labute approximate surface area is 196 Å². The number of nitrogens with one attached hydrogen (secondary N) is 2. The number of pyridine rings is 1. The van der Waals surface area contributed by atoms with Crippen LogP contribution in [0.3, 0.4) is 0 Å². The number of amides is 2. The van der Waals surface area contributed by atoms with Crippen molar-refractivity contribution < 1.29 is 14.3 Å². The van der Waals surface area contributed by atoms with Gasteiger partial charge in [0.1, 0.15) is 12.4 Å². The molecule has 0 unspecified atom stereocenters. The van der Waals surface area contributed by atoms with Gasteiger partial charge in [0.05, 0.1) is 0 Å². The number of halogens is 1. The summed E-state index contributed by atoms with van der Waals surface area (Å²) in [5.74, 6) is 0.500. The normalized spacial score (nSPS) is 10.5. The third-order valence-corrected chi connectivity index (χ3v) is 5.33. The smallest absolute Gasteiger partial charge is 0.251 e. The van der Waals surface area contributed by atoms with E-state index in [1.54, 1.807) is 24.5 Å². The van der Waals surface area contributed by atoms with E-state index in [-0.39, 0.29) is 11.8 Å². The monoisotopic (exact) mass is 495 g/mol. The lowest BCUT2D eigenvalue weighted by Gasteiger charge is -2.14. The lowest BCUT2D eigenvalue weighted by molar-refractivity contribution is 0.0951. The topological polar surface area (TPSA) is 80.3 Å². The minimum Gasteiger partial charge on any atom is -0.488 e. The molecule has 6 nitrogen and oxygen atoms in total. The fourth-order valence-electron chi connectivity index (χ4n) is 3.27. The molecule has 3 rings (SSSR count). The average Bonchev–Trinajstić information content (AvgIpc) is 2.78. The summed E-state index contributed by atoms with van der Waals surface area (Å²) < 4.78 is 6.81. The Morgan fingerprint density at radius 2 is 1.62 bits per heavy atom. The van der Waals surface area contributed by atoms with Crippen molar-refractivity contribution in [1.82, 2.24) is 15.6 Å². The molecule has 0 aliphatic heterocycles. The summed E-state index contributed by atoms with van der Waals surface area (Å²) in [5.41, 5.74) is 3.98. The van der Waals surface area contributed by atoms with Gasteiger partial charge < -0.3 is 15.4 Å². The van der Waals surface area contributed by atoms with Crippen LogP contribution in [-0.4, -0.2) is 29.9 Å². The quantitative estimate of drug-likeness (QED) is 0.425. The van der Waals surface area contributed by atoms with Gasteiger partial charge in [0.2, 0.25) is 0 Å². The molecule has 1 aromatic heterocycles. The number of nitrogens with zero attached hydrogens (tertiary/aromatic N) is 1. The molecule has 0 saturated carbocycles. The number of ether oxygens (including phenoxy) is 1. The summed E-state index contributed by atoms with van der Waals surface area (Å²) in [4.78, 5) is 28.8. The van der Waals surface area contributed by atoms with E-state index in [0.717, 1.165) is 26.9 Å². The Bertz CT molecular complexity index is 1060. The van der Waals surface area contributed by atoms with Gasteiger partial charge in [-0.3, -0.25) is 14.6 Å². The Kier molecular flexibility index (Phi) is 8.39. The number of hydrogen-bond acceptors (Lipinski definition) is 4. The summed E-state index contributed by atoms with van der Waals surface area (Å²) in [6.45, 7) is 5.23. The lowest BCUT2D eigenvalue weighted by Crippen LogP contribution is -2.30. The molecule has 0 spiro atoms. The number of benzene rings is 2. The van der Waals surface area contributed by atoms with Crippen LogP contribution in [-0.2, 0) is 6.61 Å². The first-order chi connectivity index (χ1) is 15.4. The summed E-state index contributed by atoms with van der Waals surface area (Å²) in [6.07, 6.45) is 4.13. The van der Waals surface area contributed by atoms with Crippen LogP contribution in [0.25, 0.3) is 0 Å². The number of carbonyl (C=O) groups is 2. The highest BCUT2D eigenvalue weighted by atomic mass is 79.9. The van der Waals surface area contributed by atoms with Crippen molar-refractivity contribution in [1.29, 1.82) is 0 Å². The third kappa shape index (κ3) is 6.65. The second kappa shape index (κ2) is 11.4. The van der Waals surface area contributed by atoms with E-state index in [1.165, 1.54) is 0 Å². The molecule has 2 amide bonds. The molecule has 2 aromatic carbocycles. The van der Waals surface area contributed by atoms with Crippen LogP contribution in [0, 0.1) is 13.8 Å². The molecule has 0 fully saturated rings. The van der Waals surface area contributed by atoms with E-state index in [2.05, 4.69) is 31.5 Å². The van der Waals surface area contributed by atoms with Gasteiger partial charge in [0, 0.05) is 46.6 Å². The molecule has 0 saturated heterocycles. The van der Waals surface area contributed by atoms with Crippen LogP contribution in [0.15, 0.2) is 65.4 Å². The number of aromatic nitrogens is 1. The zero-order valence-electron chi connectivity index (χ0n) is 18.2. The molecular weight excluding hydrogens is 470 g/mol. The lowest BCUT2D eigenvalue weighted by atomic mass is 10.0. The van der Waals surface area contributed by atoms with Gasteiger partial charge in [0.25, 0.3) is 11.8 Å². The van der Waals surface area contributed by atoms with Gasteiger partial charge in [0.15, 0.2) is 0 Å². The minimum absolute atomic E-state index is 0.134. The first kappa shape index (κ1) is 23.5. The van der Waals surface area contributed by atoms with Crippen LogP contribution in [0.1, 0.15) is 43.8 Å². The van der Waals surface area contributed by atoms with Crippen molar-refractivity contribution in [2.45, 2.75) is 26.9 Å². The van der Waals surface area contributed by atoms with Crippen molar-refractivity contribution in [2.24, 2.45) is 0 Å². The SMILES string of the molecule is Cc1cc(C(=O)NCCCNC(=O)c2cccc(Br)c2)cc(C)c1OCc1cccnc1. The summed E-state index contributed by atoms with van der Waals surface area (Å²) in [5, 5.41) is 5.77. The molecule has 0 aliphatic rings. The molecule has 0 bridgehead atoms. The Balaban J connectivity index is 1.46. The number of aryl methyl sites for hydroxylation is 2. The zero-order chi connectivity index (χ0) is 22.9. The minimum atomic E-state index is -0.145. The average molecular weight is 496 g/mol. The molecule has 1 heterocycles. The fraction of sp³-hybridized carbons (Fsp3) is 0.240. The van der Waals surface area contributed by atoms with E-state index in [4.69, 9.17) is 4.74 Å². The maximum atomic E-state index is 12.5. The molecule has 2 N–H and O–H groups in total. The van der Waals surface area contributed by atoms with Gasteiger partial charge in [-0.15, -0.1) is 0 Å². The first-order valence-electron chi connectivity index (χ1n) is 10.4. The summed E-state index contributed by atoms with van der Waals surface area (Å²) in [7, 11) is 0. The predicted octanol–water partition coefficient (Wildman–Crippen LogP) is 4.59. The van der Waals surface area contributed by atoms with Gasteiger partial charge in [-0.25, -0.2) is 0 Å². The summed E-state index contributed by atoms with van der Waals surface area (Å²) >= 11 is 3.36. The van der Waals surface area contributed by atoms with E-state index in [9.17, 15) is 9.59 Å². The maximum absolute atomic E-state index is 12.5. The molecule has 7 heteroatoms. The van der Waals surface area contributed by atoms with Crippen molar-refractivity contribution in [3.63, 3.8) is 0 Å². The van der Waals surface area contributed by atoms with Crippen molar-refractivity contribution >= 4 is 27.7 Å². The molecule has 0 radical (unpaired) electrons. The Morgan fingerprint density at radius 3 is 2.25 bits per heavy atom. The highest BCUT2D eigenvalue weighted by Crippen LogP contribution is 2.25. The van der Waals surface area contributed by atoms with Crippen molar-refractivity contribution in [3.8, 4) is 5.75 Å². The van der Waals surface area contributed by atoms with Crippen molar-refractivity contribution in [2.75, 3.05) is 13.1 Å². The number of hydrogen-bond donors (Lipinski definition) is 2. The van der Waals surface area contributed by atoms with Gasteiger partial charge >= 0.3 is 0 Å². The second-order valence-corrected chi connectivity index (χ2v) is 8.38. The van der Waals surface area contributed by atoms with Crippen molar-refractivity contribution in [3.05, 3.63) is 93.2 Å². The number of carbonyl (C=O) groups excluding carboxylic acids is 2. The molecule has 32 heavy (non-hydrogen) atoms. The van der Waals surface area contributed by atoms with Crippen LogP contribution < -0.4 is 15.4 Å². The highest BCUT2D eigenvalue weighted by molar-refractivity contribution is 9.10. The van der Waals surface area contributed by atoms with E-state index in [1.807, 2.05) is 50.2 Å². The van der Waals surface area contributed by atoms with Crippen LogP contribution in [0.4, 0.5) is 0 Å². The second-order valence-electron chi connectivity index (χ2n) is 7.46. The standard InChI is InChI=1S/C25H26BrN3O3/c1-17-12-21(13-18(2)23(17)32-16-19-6-4-9-27-15-19)25(31)29-11-5-10-28-24(30)20-7-3-8-22(26)14-20/h3-4,6-9,12-15H,5,10-11,16H2,1-2H3,(H,28,30)(H,29,31). The first-order valence-corrected chi connectivity index (χ1v) is 11.2. The van der Waals surface area contributed by atoms with Gasteiger partial charge in [-0.1, -0.05) is 28.1 Å². The molecule has 0 atom stereocenters. The Morgan fingerprint density at radius 1 is 0.938 bits per heavy atom. The maximum Gasteiger partial charge on any atom is 0.251 e. The third-order valence-electron chi connectivity index (χ3n) is 4.84. The van der Waals surface area contributed by atoms with Crippen LogP contribution in [0.5, 0.6) is 5.75 Å². The van der Waals surface area contributed by atoms with E-state index >= 15 is 0 Å². The number of rotatable bonds is 9. The van der Waals surface area contributed by atoms with Gasteiger partial charge in [-0.05, 0) is 67.8 Å². The van der Waals surface area contributed by atoms with E-state index < -0.39 is 0 Å². The zero-order valence-corrected chi connectivity index (χ0v) is 19.7. The summed E-state index contributed by atoms with van der Waals surface area (Å²) in [6, 6.07) is 14.7. The predicted molar refractivity (Wildman–Crippen MR) is 128 cm³/mol. The molecule has 3 aromatic rings. The molecular formula is C25H26BrN3O3.